The molecule has 3 aromatic carbocycles. The van der Waals surface area contributed by atoms with E-state index in [1.165, 1.54) is 37.3 Å². The third-order valence-electron chi connectivity index (χ3n) is 7.18. The number of amides is 2. The summed E-state index contributed by atoms with van der Waals surface area (Å²) in [5.41, 5.74) is 2.89. The molecule has 0 radical (unpaired) electrons. The Balaban J connectivity index is 2.11. The summed E-state index contributed by atoms with van der Waals surface area (Å²) in [6.07, 6.45) is 0.725. The highest BCUT2D eigenvalue weighted by Gasteiger charge is 2.34. The highest BCUT2D eigenvalue weighted by Crippen LogP contribution is 2.36. The second kappa shape index (κ2) is 14.2. The maximum Gasteiger partial charge on any atom is 0.264 e. The summed E-state index contributed by atoms with van der Waals surface area (Å²) in [6.45, 7) is 8.85. The smallest absolute Gasteiger partial charge is 0.264 e. The lowest BCUT2D eigenvalue weighted by Gasteiger charge is -2.33. The molecule has 0 aromatic heterocycles. The van der Waals surface area contributed by atoms with Gasteiger partial charge in [-0.15, -0.1) is 0 Å². The Morgan fingerprint density at radius 1 is 0.881 bits per heavy atom. The summed E-state index contributed by atoms with van der Waals surface area (Å²) in [5, 5.41) is 2.94. The number of carbonyl (C=O) groups excluding carboxylic acids is 2. The van der Waals surface area contributed by atoms with Gasteiger partial charge < -0.3 is 19.7 Å². The Hall–Kier alpha value is -4.05. The number of benzene rings is 3. The van der Waals surface area contributed by atoms with Crippen LogP contribution in [0.25, 0.3) is 0 Å². The number of nitrogens with one attached hydrogen (secondary N) is 1. The quantitative estimate of drug-likeness (QED) is 0.303. The number of nitrogens with zero attached hydrogens (tertiary/aromatic N) is 2. The molecule has 0 saturated carbocycles. The van der Waals surface area contributed by atoms with E-state index >= 15 is 0 Å². The number of sulfonamides is 1. The number of carbonyl (C=O) groups is 2. The molecule has 0 heterocycles. The molecule has 0 bridgehead atoms. The second-order valence-electron chi connectivity index (χ2n) is 10.4. The van der Waals surface area contributed by atoms with Gasteiger partial charge in [-0.3, -0.25) is 13.9 Å². The van der Waals surface area contributed by atoms with Gasteiger partial charge >= 0.3 is 0 Å². The summed E-state index contributed by atoms with van der Waals surface area (Å²) >= 11 is 0. The molecule has 0 aliphatic heterocycles. The van der Waals surface area contributed by atoms with Gasteiger partial charge in [-0.2, -0.15) is 0 Å². The number of rotatable bonds is 13. The van der Waals surface area contributed by atoms with Crippen molar-refractivity contribution in [1.82, 2.24) is 10.2 Å². The number of hydrogen-bond donors (Lipinski definition) is 1. The van der Waals surface area contributed by atoms with Crippen LogP contribution < -0.4 is 19.1 Å². The molecule has 0 spiro atoms. The summed E-state index contributed by atoms with van der Waals surface area (Å²) in [7, 11) is -1.36. The minimum atomic E-state index is -4.25. The molecular weight excluding hydrogens is 554 g/mol. The van der Waals surface area contributed by atoms with E-state index in [0.717, 1.165) is 27.4 Å². The van der Waals surface area contributed by atoms with Crippen LogP contribution in [0.5, 0.6) is 11.5 Å². The van der Waals surface area contributed by atoms with Crippen LogP contribution in [0, 0.1) is 13.8 Å². The fourth-order valence-corrected chi connectivity index (χ4v) is 5.70. The average molecular weight is 596 g/mol. The molecule has 3 aromatic rings. The van der Waals surface area contributed by atoms with E-state index in [-0.39, 0.29) is 34.8 Å². The van der Waals surface area contributed by atoms with Gasteiger partial charge in [0.1, 0.15) is 24.1 Å². The SMILES string of the molecule is CC[C@H](C)NC(=O)[C@@H](C)N(Cc1ccc(C)cc1)C(=O)CN(c1cc(OC)ccc1OC)S(=O)(=O)c1ccc(C)cc1. The van der Waals surface area contributed by atoms with Crippen molar-refractivity contribution in [2.45, 2.75) is 64.6 Å². The molecule has 2 amide bonds. The minimum Gasteiger partial charge on any atom is -0.497 e. The lowest BCUT2D eigenvalue weighted by molar-refractivity contribution is -0.139. The van der Waals surface area contributed by atoms with Crippen molar-refractivity contribution in [1.29, 1.82) is 0 Å². The van der Waals surface area contributed by atoms with Gasteiger partial charge in [0.25, 0.3) is 10.0 Å². The van der Waals surface area contributed by atoms with Gasteiger partial charge in [0, 0.05) is 18.7 Å². The van der Waals surface area contributed by atoms with Crippen LogP contribution in [0.1, 0.15) is 43.9 Å². The minimum absolute atomic E-state index is 0.0124. The summed E-state index contributed by atoms with van der Waals surface area (Å²) in [4.78, 5) is 28.8. The van der Waals surface area contributed by atoms with Crippen molar-refractivity contribution >= 4 is 27.5 Å². The van der Waals surface area contributed by atoms with Gasteiger partial charge in [0.05, 0.1) is 24.8 Å². The van der Waals surface area contributed by atoms with Crippen LogP contribution >= 0.6 is 0 Å². The highest BCUT2D eigenvalue weighted by molar-refractivity contribution is 7.92. The standard InChI is InChI=1S/C32H41N3O6S/c1-8-24(4)33-32(37)25(5)34(20-26-13-9-22(2)10-14-26)31(36)21-35(29-19-27(40-6)15-18-30(29)41-7)42(38,39)28-16-11-23(3)12-17-28/h9-19,24-25H,8,20-21H2,1-7H3,(H,33,37)/t24-,25+/m0/s1. The predicted octanol–water partition coefficient (Wildman–Crippen LogP) is 4.85. The maximum absolute atomic E-state index is 14.2. The van der Waals surface area contributed by atoms with Crippen molar-refractivity contribution in [3.63, 3.8) is 0 Å². The van der Waals surface area contributed by atoms with Crippen LogP contribution in [0.15, 0.2) is 71.6 Å². The van der Waals surface area contributed by atoms with Crippen LogP contribution in [0.3, 0.4) is 0 Å². The lowest BCUT2D eigenvalue weighted by Crippen LogP contribution is -2.52. The number of ether oxygens (including phenoxy) is 2. The monoisotopic (exact) mass is 595 g/mol. The largest absolute Gasteiger partial charge is 0.497 e. The van der Waals surface area contributed by atoms with E-state index in [1.807, 2.05) is 52.0 Å². The zero-order valence-electron chi connectivity index (χ0n) is 25.4. The number of methoxy groups -OCH3 is 2. The Morgan fingerprint density at radius 2 is 1.48 bits per heavy atom. The Bertz CT molecular complexity index is 1470. The molecule has 0 saturated heterocycles. The molecular formula is C32H41N3O6S. The number of anilines is 1. The van der Waals surface area contributed by atoms with E-state index < -0.39 is 28.5 Å². The van der Waals surface area contributed by atoms with Crippen molar-refractivity contribution in [2.75, 3.05) is 25.1 Å². The Kier molecular flexibility index (Phi) is 11.0. The van der Waals surface area contributed by atoms with Crippen LogP contribution in [0.2, 0.25) is 0 Å². The molecule has 3 rings (SSSR count). The Labute approximate surface area is 249 Å². The zero-order chi connectivity index (χ0) is 31.0. The summed E-state index contributed by atoms with van der Waals surface area (Å²) in [6, 6.07) is 17.8. The topological polar surface area (TPSA) is 105 Å². The molecule has 0 aliphatic carbocycles. The fraction of sp³-hybridized carbons (Fsp3) is 0.375. The normalized spacial score (nSPS) is 12.6. The highest BCUT2D eigenvalue weighted by atomic mass is 32.2. The molecule has 9 nitrogen and oxygen atoms in total. The molecule has 42 heavy (non-hydrogen) atoms. The maximum atomic E-state index is 14.2. The van der Waals surface area contributed by atoms with E-state index in [1.54, 1.807) is 31.2 Å². The Morgan fingerprint density at radius 3 is 2.02 bits per heavy atom. The summed E-state index contributed by atoms with van der Waals surface area (Å²) < 4.78 is 40.2. The van der Waals surface area contributed by atoms with Gasteiger partial charge in [-0.05, 0) is 63.9 Å². The van der Waals surface area contributed by atoms with Gasteiger partial charge in [-0.1, -0.05) is 54.4 Å². The van der Waals surface area contributed by atoms with Crippen LogP contribution in [0.4, 0.5) is 5.69 Å². The first-order chi connectivity index (χ1) is 19.9. The second-order valence-corrected chi connectivity index (χ2v) is 12.2. The molecule has 0 aliphatic rings. The van der Waals surface area contributed by atoms with Crippen molar-refractivity contribution in [3.8, 4) is 11.5 Å². The van der Waals surface area contributed by atoms with Crippen LogP contribution in [-0.4, -0.2) is 58.0 Å². The summed E-state index contributed by atoms with van der Waals surface area (Å²) in [5.74, 6) is -0.244. The average Bonchev–Trinajstić information content (AvgIpc) is 2.98. The van der Waals surface area contributed by atoms with E-state index in [9.17, 15) is 18.0 Å². The van der Waals surface area contributed by atoms with Gasteiger partial charge in [-0.25, -0.2) is 8.42 Å². The van der Waals surface area contributed by atoms with E-state index in [0.29, 0.717) is 5.75 Å². The van der Waals surface area contributed by atoms with E-state index in [4.69, 9.17) is 9.47 Å². The van der Waals surface area contributed by atoms with Gasteiger partial charge in [0.2, 0.25) is 11.8 Å². The molecule has 1 N–H and O–H groups in total. The molecule has 226 valence electrons. The fourth-order valence-electron chi connectivity index (χ4n) is 4.28. The molecule has 0 unspecified atom stereocenters. The molecule has 0 fully saturated rings. The molecule has 10 heteroatoms. The van der Waals surface area contributed by atoms with Crippen molar-refractivity contribution < 1.29 is 27.5 Å². The number of aryl methyl sites for hydroxylation is 2. The van der Waals surface area contributed by atoms with E-state index in [2.05, 4.69) is 5.32 Å². The lowest BCUT2D eigenvalue weighted by atomic mass is 10.1. The first-order valence-electron chi connectivity index (χ1n) is 13.9. The van der Waals surface area contributed by atoms with Crippen LogP contribution in [-0.2, 0) is 26.2 Å². The van der Waals surface area contributed by atoms with Gasteiger partial charge in [0.15, 0.2) is 0 Å². The third kappa shape index (κ3) is 7.82. The molecule has 2 atom stereocenters. The zero-order valence-corrected chi connectivity index (χ0v) is 26.2. The van der Waals surface area contributed by atoms with Crippen molar-refractivity contribution in [2.24, 2.45) is 0 Å². The third-order valence-corrected chi connectivity index (χ3v) is 8.96. The first-order valence-corrected chi connectivity index (χ1v) is 15.3. The first kappa shape index (κ1) is 32.5. The number of hydrogen-bond acceptors (Lipinski definition) is 6. The van der Waals surface area contributed by atoms with Crippen molar-refractivity contribution in [3.05, 3.63) is 83.4 Å². The predicted molar refractivity (Wildman–Crippen MR) is 164 cm³/mol.